The number of hydrogen-bond acceptors (Lipinski definition) is 3. The summed E-state index contributed by atoms with van der Waals surface area (Å²) in [7, 11) is 1.93. The summed E-state index contributed by atoms with van der Waals surface area (Å²) in [6.45, 7) is 3.13. The van der Waals surface area contributed by atoms with Gasteiger partial charge in [-0.15, -0.1) is 0 Å². The summed E-state index contributed by atoms with van der Waals surface area (Å²) < 4.78 is 0.886. The van der Waals surface area contributed by atoms with Crippen LogP contribution in [0.5, 0.6) is 0 Å². The average molecular weight is 348 g/mol. The van der Waals surface area contributed by atoms with E-state index in [-0.39, 0.29) is 5.91 Å². The van der Waals surface area contributed by atoms with Crippen molar-refractivity contribution >= 4 is 27.7 Å². The van der Waals surface area contributed by atoms with Gasteiger partial charge >= 0.3 is 0 Å². The van der Waals surface area contributed by atoms with Gasteiger partial charge < -0.3 is 5.32 Å². The number of pyridine rings is 1. The summed E-state index contributed by atoms with van der Waals surface area (Å²) in [6.07, 6.45) is 1.66. The fourth-order valence-corrected chi connectivity index (χ4v) is 2.29. The third-order valence-corrected chi connectivity index (χ3v) is 3.41. The maximum atomic E-state index is 12.0. The van der Waals surface area contributed by atoms with Gasteiger partial charge in [0.05, 0.1) is 6.54 Å². The number of carbonyl (C=O) groups is 1. The van der Waals surface area contributed by atoms with Crippen LogP contribution in [0.4, 0.5) is 5.82 Å². The Morgan fingerprint density at radius 1 is 1.33 bits per heavy atom. The van der Waals surface area contributed by atoms with Crippen molar-refractivity contribution in [3.05, 3.63) is 58.2 Å². The number of amides is 1. The van der Waals surface area contributed by atoms with Gasteiger partial charge in [-0.1, -0.05) is 29.8 Å². The van der Waals surface area contributed by atoms with Crippen LogP contribution in [0.15, 0.2) is 47.1 Å². The molecule has 0 fully saturated rings. The fraction of sp³-hybridized carbons (Fsp3) is 0.250. The molecule has 5 heteroatoms. The van der Waals surface area contributed by atoms with Gasteiger partial charge in [-0.2, -0.15) is 0 Å². The molecule has 1 N–H and O–H groups in total. The SMILES string of the molecule is Cc1cccc(CN(C)CC(=O)Nc2ccc(Br)cn2)c1. The Morgan fingerprint density at radius 3 is 2.81 bits per heavy atom. The monoisotopic (exact) mass is 347 g/mol. The van der Waals surface area contributed by atoms with Gasteiger partial charge in [-0.25, -0.2) is 4.98 Å². The standard InChI is InChI=1S/C16H18BrN3O/c1-12-4-3-5-13(8-12)10-20(2)11-16(21)19-15-7-6-14(17)9-18-15/h3-9H,10-11H2,1-2H3,(H,18,19,21). The summed E-state index contributed by atoms with van der Waals surface area (Å²) in [6, 6.07) is 11.9. The van der Waals surface area contributed by atoms with Crippen LogP contribution in [-0.4, -0.2) is 29.4 Å². The molecule has 1 aromatic carbocycles. The number of rotatable bonds is 5. The van der Waals surface area contributed by atoms with Crippen molar-refractivity contribution in [3.63, 3.8) is 0 Å². The maximum absolute atomic E-state index is 12.0. The van der Waals surface area contributed by atoms with Gasteiger partial charge in [0, 0.05) is 17.2 Å². The van der Waals surface area contributed by atoms with Crippen LogP contribution >= 0.6 is 15.9 Å². The number of anilines is 1. The molecule has 0 aliphatic carbocycles. The Morgan fingerprint density at radius 2 is 2.14 bits per heavy atom. The number of aromatic nitrogens is 1. The van der Waals surface area contributed by atoms with Crippen LogP contribution in [0.2, 0.25) is 0 Å². The first-order valence-electron chi connectivity index (χ1n) is 6.68. The van der Waals surface area contributed by atoms with Crippen molar-refractivity contribution in [2.45, 2.75) is 13.5 Å². The third-order valence-electron chi connectivity index (χ3n) is 2.94. The van der Waals surface area contributed by atoms with Crippen molar-refractivity contribution in [1.29, 1.82) is 0 Å². The first kappa shape index (κ1) is 15.7. The molecule has 0 saturated carbocycles. The highest BCUT2D eigenvalue weighted by Gasteiger charge is 2.08. The fourth-order valence-electron chi connectivity index (χ4n) is 2.06. The van der Waals surface area contributed by atoms with Gasteiger partial charge in [0.2, 0.25) is 5.91 Å². The highest BCUT2D eigenvalue weighted by atomic mass is 79.9. The van der Waals surface area contributed by atoms with Crippen molar-refractivity contribution in [1.82, 2.24) is 9.88 Å². The second-order valence-corrected chi connectivity index (χ2v) is 5.99. The number of aryl methyl sites for hydroxylation is 1. The molecule has 0 spiro atoms. The van der Waals surface area contributed by atoms with Crippen LogP contribution < -0.4 is 5.32 Å². The van der Waals surface area contributed by atoms with Crippen LogP contribution in [0, 0.1) is 6.92 Å². The average Bonchev–Trinajstić information content (AvgIpc) is 2.41. The van der Waals surface area contributed by atoms with E-state index in [2.05, 4.69) is 51.4 Å². The second-order valence-electron chi connectivity index (χ2n) is 5.07. The topological polar surface area (TPSA) is 45.2 Å². The lowest BCUT2D eigenvalue weighted by Crippen LogP contribution is -2.30. The molecule has 0 saturated heterocycles. The predicted molar refractivity (Wildman–Crippen MR) is 88.1 cm³/mol. The number of hydrogen-bond donors (Lipinski definition) is 1. The maximum Gasteiger partial charge on any atom is 0.239 e. The molecule has 1 amide bonds. The lowest BCUT2D eigenvalue weighted by atomic mass is 10.1. The molecule has 4 nitrogen and oxygen atoms in total. The lowest BCUT2D eigenvalue weighted by Gasteiger charge is -2.16. The summed E-state index contributed by atoms with van der Waals surface area (Å²) in [5, 5.41) is 2.78. The Kier molecular flexibility index (Phi) is 5.47. The normalized spacial score (nSPS) is 10.7. The number of likely N-dealkylation sites (N-methyl/N-ethyl adjacent to an activating group) is 1. The molecule has 1 heterocycles. The van der Waals surface area contributed by atoms with E-state index in [1.807, 2.05) is 24.1 Å². The smallest absolute Gasteiger partial charge is 0.239 e. The van der Waals surface area contributed by atoms with Gasteiger partial charge in [0.25, 0.3) is 0 Å². The zero-order valence-corrected chi connectivity index (χ0v) is 13.7. The Labute approximate surface area is 133 Å². The zero-order valence-electron chi connectivity index (χ0n) is 12.1. The Bertz CT molecular complexity index is 613. The number of benzene rings is 1. The minimum absolute atomic E-state index is 0.0695. The van der Waals surface area contributed by atoms with Crippen molar-refractivity contribution < 1.29 is 4.79 Å². The van der Waals surface area contributed by atoms with Crippen LogP contribution in [0.1, 0.15) is 11.1 Å². The minimum atomic E-state index is -0.0695. The second kappa shape index (κ2) is 7.33. The summed E-state index contributed by atoms with van der Waals surface area (Å²) >= 11 is 3.31. The molecule has 2 aromatic rings. The Balaban J connectivity index is 1.86. The molecule has 110 valence electrons. The van der Waals surface area contributed by atoms with Gasteiger partial charge in [0.1, 0.15) is 5.82 Å². The zero-order chi connectivity index (χ0) is 15.2. The van der Waals surface area contributed by atoms with Crippen LogP contribution in [-0.2, 0) is 11.3 Å². The number of nitrogens with one attached hydrogen (secondary N) is 1. The highest BCUT2D eigenvalue weighted by molar-refractivity contribution is 9.10. The summed E-state index contributed by atoms with van der Waals surface area (Å²) in [5.41, 5.74) is 2.43. The largest absolute Gasteiger partial charge is 0.310 e. The molecule has 0 aliphatic rings. The van der Waals surface area contributed by atoms with E-state index < -0.39 is 0 Å². The van der Waals surface area contributed by atoms with Crippen LogP contribution in [0.3, 0.4) is 0 Å². The van der Waals surface area contributed by atoms with Crippen molar-refractivity contribution in [3.8, 4) is 0 Å². The molecule has 0 atom stereocenters. The molecular weight excluding hydrogens is 330 g/mol. The van der Waals surface area contributed by atoms with E-state index in [0.29, 0.717) is 12.4 Å². The van der Waals surface area contributed by atoms with Gasteiger partial charge in [-0.3, -0.25) is 9.69 Å². The van der Waals surface area contributed by atoms with E-state index in [4.69, 9.17) is 0 Å². The van der Waals surface area contributed by atoms with E-state index in [1.165, 1.54) is 11.1 Å². The molecule has 0 bridgehead atoms. The quantitative estimate of drug-likeness (QED) is 0.902. The highest BCUT2D eigenvalue weighted by Crippen LogP contribution is 2.11. The molecule has 0 radical (unpaired) electrons. The number of halogens is 1. The van der Waals surface area contributed by atoms with Crippen LogP contribution in [0.25, 0.3) is 0 Å². The molecule has 0 aliphatic heterocycles. The number of nitrogens with zero attached hydrogens (tertiary/aromatic N) is 2. The van der Waals surface area contributed by atoms with Gasteiger partial charge in [-0.05, 0) is 47.6 Å². The molecule has 0 unspecified atom stereocenters. The van der Waals surface area contributed by atoms with Crippen molar-refractivity contribution in [2.24, 2.45) is 0 Å². The molecular formula is C16H18BrN3O. The first-order valence-corrected chi connectivity index (χ1v) is 7.48. The third kappa shape index (κ3) is 5.28. The predicted octanol–water partition coefficient (Wildman–Crippen LogP) is 3.22. The first-order chi connectivity index (χ1) is 10.0. The van der Waals surface area contributed by atoms with E-state index >= 15 is 0 Å². The van der Waals surface area contributed by atoms with E-state index in [0.717, 1.165) is 11.0 Å². The van der Waals surface area contributed by atoms with Gasteiger partial charge in [0.15, 0.2) is 0 Å². The Hall–Kier alpha value is -1.72. The lowest BCUT2D eigenvalue weighted by molar-refractivity contribution is -0.117. The van der Waals surface area contributed by atoms with E-state index in [1.54, 1.807) is 12.3 Å². The van der Waals surface area contributed by atoms with E-state index in [9.17, 15) is 4.79 Å². The molecule has 21 heavy (non-hydrogen) atoms. The van der Waals surface area contributed by atoms with Crippen molar-refractivity contribution in [2.75, 3.05) is 18.9 Å². The molecule has 2 rings (SSSR count). The number of carbonyl (C=O) groups excluding carboxylic acids is 1. The molecule has 1 aromatic heterocycles. The summed E-state index contributed by atoms with van der Waals surface area (Å²) in [5.74, 6) is 0.493. The minimum Gasteiger partial charge on any atom is -0.310 e. The summed E-state index contributed by atoms with van der Waals surface area (Å²) in [4.78, 5) is 18.1.